The van der Waals surface area contributed by atoms with E-state index in [1.165, 1.54) is 0 Å². The second-order valence-electron chi connectivity index (χ2n) is 3.35. The van der Waals surface area contributed by atoms with Crippen molar-refractivity contribution in [1.29, 1.82) is 0 Å². The molecule has 14 heavy (non-hydrogen) atoms. The quantitative estimate of drug-likeness (QED) is 0.746. The van der Waals surface area contributed by atoms with E-state index in [-0.39, 0.29) is 12.2 Å². The van der Waals surface area contributed by atoms with Gasteiger partial charge in [-0.1, -0.05) is 6.07 Å². The van der Waals surface area contributed by atoms with Crippen LogP contribution in [0.15, 0.2) is 18.2 Å². The summed E-state index contributed by atoms with van der Waals surface area (Å²) in [5, 5.41) is 0. The van der Waals surface area contributed by atoms with Crippen LogP contribution >= 0.6 is 0 Å². The molecule has 0 saturated heterocycles. The molecule has 1 heterocycles. The number of ether oxygens (including phenoxy) is 1. The summed E-state index contributed by atoms with van der Waals surface area (Å²) in [6.45, 7) is 5.75. The van der Waals surface area contributed by atoms with Gasteiger partial charge in [0.1, 0.15) is 6.10 Å². The number of rotatable bonds is 4. The highest BCUT2D eigenvalue weighted by atomic mass is 16.6. The van der Waals surface area contributed by atoms with Gasteiger partial charge in [0.2, 0.25) is 5.88 Å². The summed E-state index contributed by atoms with van der Waals surface area (Å²) >= 11 is 0. The van der Waals surface area contributed by atoms with E-state index >= 15 is 0 Å². The van der Waals surface area contributed by atoms with Crippen LogP contribution in [0.25, 0.3) is 0 Å². The van der Waals surface area contributed by atoms with Gasteiger partial charge >= 0.3 is 0 Å². The van der Waals surface area contributed by atoms with Gasteiger partial charge < -0.3 is 4.74 Å². The lowest BCUT2D eigenvalue weighted by molar-refractivity contribution is 0.0627. The normalized spacial score (nSPS) is 12.9. The molecule has 2 N–H and O–H groups in total. The smallest absolute Gasteiger partial charge is 0.213 e. The molecule has 4 nitrogen and oxygen atoms in total. The molecule has 1 unspecified atom stereocenters. The molecule has 0 spiro atoms. The Kier molecular flexibility index (Phi) is 3.85. The van der Waals surface area contributed by atoms with Crippen molar-refractivity contribution in [1.82, 2.24) is 4.98 Å². The maximum Gasteiger partial charge on any atom is 0.213 e. The fourth-order valence-corrected chi connectivity index (χ4v) is 1.03. The molecule has 0 bridgehead atoms. The second kappa shape index (κ2) is 4.93. The van der Waals surface area contributed by atoms with Crippen LogP contribution in [0.4, 0.5) is 0 Å². The number of nitrogens with zero attached hydrogens (tertiary/aromatic N) is 1. The predicted molar refractivity (Wildman–Crippen MR) is 53.7 cm³/mol. The van der Waals surface area contributed by atoms with E-state index in [9.17, 15) is 0 Å². The third-order valence-electron chi connectivity index (χ3n) is 1.72. The molecule has 0 saturated carbocycles. The molecule has 1 rings (SSSR count). The summed E-state index contributed by atoms with van der Waals surface area (Å²) < 4.78 is 5.44. The predicted octanol–water partition coefficient (Wildman–Crippen LogP) is 1.82. The maximum absolute atomic E-state index is 5.44. The van der Waals surface area contributed by atoms with Crippen LogP contribution in [0.3, 0.4) is 0 Å². The second-order valence-corrected chi connectivity index (χ2v) is 3.35. The van der Waals surface area contributed by atoms with Crippen LogP contribution in [0.5, 0.6) is 5.88 Å². The lowest BCUT2D eigenvalue weighted by Crippen LogP contribution is -2.10. The first-order valence-electron chi connectivity index (χ1n) is 4.62. The highest BCUT2D eigenvalue weighted by Gasteiger charge is 2.07. The van der Waals surface area contributed by atoms with Crippen LogP contribution in [0, 0.1) is 0 Å². The van der Waals surface area contributed by atoms with Crippen molar-refractivity contribution in [2.24, 2.45) is 5.90 Å². The van der Waals surface area contributed by atoms with Gasteiger partial charge in [-0.25, -0.2) is 10.9 Å². The molecule has 78 valence electrons. The van der Waals surface area contributed by atoms with Gasteiger partial charge in [0, 0.05) is 6.07 Å². The molecule has 0 fully saturated rings. The Morgan fingerprint density at radius 2 is 2.00 bits per heavy atom. The zero-order valence-electron chi connectivity index (χ0n) is 8.73. The lowest BCUT2D eigenvalue weighted by atomic mass is 10.2. The summed E-state index contributed by atoms with van der Waals surface area (Å²) in [5.74, 6) is 5.67. The number of hydrogen-bond donors (Lipinski definition) is 1. The fraction of sp³-hybridized carbons (Fsp3) is 0.500. The molecule has 1 aromatic rings. The van der Waals surface area contributed by atoms with Crippen LogP contribution in [-0.2, 0) is 4.84 Å². The van der Waals surface area contributed by atoms with E-state index in [1.807, 2.05) is 39.0 Å². The minimum Gasteiger partial charge on any atom is -0.475 e. The van der Waals surface area contributed by atoms with E-state index in [2.05, 4.69) is 9.82 Å². The number of pyridine rings is 1. The van der Waals surface area contributed by atoms with Crippen molar-refractivity contribution in [2.75, 3.05) is 0 Å². The minimum absolute atomic E-state index is 0.117. The topological polar surface area (TPSA) is 57.4 Å². The van der Waals surface area contributed by atoms with Crippen LogP contribution < -0.4 is 10.6 Å². The van der Waals surface area contributed by atoms with E-state index in [1.54, 1.807) is 0 Å². The van der Waals surface area contributed by atoms with E-state index in [4.69, 9.17) is 10.6 Å². The molecule has 0 amide bonds. The fourth-order valence-electron chi connectivity index (χ4n) is 1.03. The molecule has 1 atom stereocenters. The Bertz CT molecular complexity index is 289. The van der Waals surface area contributed by atoms with Crippen LogP contribution in [0.2, 0.25) is 0 Å². The molecule has 0 aliphatic carbocycles. The highest BCUT2D eigenvalue weighted by Crippen LogP contribution is 2.16. The van der Waals surface area contributed by atoms with E-state index in [0.29, 0.717) is 5.88 Å². The Balaban J connectivity index is 2.78. The van der Waals surface area contributed by atoms with Gasteiger partial charge in [-0.05, 0) is 26.8 Å². The minimum atomic E-state index is -0.217. The molecular weight excluding hydrogens is 180 g/mol. The zero-order valence-corrected chi connectivity index (χ0v) is 8.73. The zero-order chi connectivity index (χ0) is 10.6. The SMILES string of the molecule is CC(C)Oc1cccc(C(C)ON)n1. The molecule has 4 heteroatoms. The first kappa shape index (κ1) is 10.9. The van der Waals surface area contributed by atoms with Crippen LogP contribution in [-0.4, -0.2) is 11.1 Å². The summed E-state index contributed by atoms with van der Waals surface area (Å²) in [5.41, 5.74) is 0.769. The largest absolute Gasteiger partial charge is 0.475 e. The standard InChI is InChI=1S/C10H16N2O2/c1-7(2)13-10-6-4-5-9(12-10)8(3)14-11/h4-8H,11H2,1-3H3. The first-order chi connectivity index (χ1) is 6.63. The summed E-state index contributed by atoms with van der Waals surface area (Å²) in [4.78, 5) is 8.93. The van der Waals surface area contributed by atoms with E-state index in [0.717, 1.165) is 5.69 Å². The third kappa shape index (κ3) is 2.97. The number of nitrogens with two attached hydrogens (primary N) is 1. The third-order valence-corrected chi connectivity index (χ3v) is 1.72. The molecular formula is C10H16N2O2. The number of hydrogen-bond acceptors (Lipinski definition) is 4. The lowest BCUT2D eigenvalue weighted by Gasteiger charge is -2.12. The maximum atomic E-state index is 5.44. The van der Waals surface area contributed by atoms with Gasteiger partial charge in [0.05, 0.1) is 11.8 Å². The molecule has 0 aliphatic heterocycles. The number of aromatic nitrogens is 1. The van der Waals surface area contributed by atoms with E-state index < -0.39 is 0 Å². The molecule has 0 radical (unpaired) electrons. The van der Waals surface area contributed by atoms with Crippen molar-refractivity contribution in [3.05, 3.63) is 23.9 Å². The highest BCUT2D eigenvalue weighted by molar-refractivity contribution is 5.17. The molecule has 0 aromatic carbocycles. The molecule has 1 aromatic heterocycles. The first-order valence-corrected chi connectivity index (χ1v) is 4.62. The van der Waals surface area contributed by atoms with Crippen molar-refractivity contribution in [3.8, 4) is 5.88 Å². The Morgan fingerprint density at radius 1 is 1.29 bits per heavy atom. The average molecular weight is 196 g/mol. The van der Waals surface area contributed by atoms with Gasteiger partial charge in [0.15, 0.2) is 0 Å². The van der Waals surface area contributed by atoms with Crippen LogP contribution in [0.1, 0.15) is 32.6 Å². The Labute approximate surface area is 84.0 Å². The van der Waals surface area contributed by atoms with Crippen molar-refractivity contribution in [3.63, 3.8) is 0 Å². The summed E-state index contributed by atoms with van der Waals surface area (Å²) in [6.07, 6.45) is -0.0995. The van der Waals surface area contributed by atoms with Gasteiger partial charge in [-0.3, -0.25) is 4.84 Å². The summed E-state index contributed by atoms with van der Waals surface area (Å²) in [6, 6.07) is 5.53. The van der Waals surface area contributed by atoms with Gasteiger partial charge in [0.25, 0.3) is 0 Å². The van der Waals surface area contributed by atoms with Crippen molar-refractivity contribution in [2.45, 2.75) is 33.0 Å². The monoisotopic (exact) mass is 196 g/mol. The summed E-state index contributed by atoms with van der Waals surface area (Å²) in [7, 11) is 0. The van der Waals surface area contributed by atoms with Gasteiger partial charge in [-0.2, -0.15) is 0 Å². The van der Waals surface area contributed by atoms with Crippen molar-refractivity contribution >= 4 is 0 Å². The Hall–Kier alpha value is -1.13. The Morgan fingerprint density at radius 3 is 2.57 bits per heavy atom. The van der Waals surface area contributed by atoms with Crippen molar-refractivity contribution < 1.29 is 9.57 Å². The van der Waals surface area contributed by atoms with Gasteiger partial charge in [-0.15, -0.1) is 0 Å². The average Bonchev–Trinajstić information content (AvgIpc) is 2.16. The molecule has 0 aliphatic rings.